The van der Waals surface area contributed by atoms with Gasteiger partial charge in [0, 0.05) is 7.11 Å². The first-order valence-corrected chi connectivity index (χ1v) is 4.89. The van der Waals surface area contributed by atoms with Crippen molar-refractivity contribution in [3.8, 4) is 0 Å². The van der Waals surface area contributed by atoms with E-state index in [0.29, 0.717) is 19.1 Å². The van der Waals surface area contributed by atoms with Crippen LogP contribution in [0.2, 0.25) is 0 Å². The molecule has 1 rings (SSSR count). The molecule has 0 saturated carbocycles. The third-order valence-electron chi connectivity index (χ3n) is 2.38. The molecule has 1 fully saturated rings. The van der Waals surface area contributed by atoms with E-state index in [1.807, 2.05) is 0 Å². The van der Waals surface area contributed by atoms with Crippen molar-refractivity contribution in [2.24, 2.45) is 5.92 Å². The fourth-order valence-electron chi connectivity index (χ4n) is 1.50. The van der Waals surface area contributed by atoms with Crippen molar-refractivity contribution in [3.63, 3.8) is 0 Å². The molecule has 2 N–H and O–H groups in total. The van der Waals surface area contributed by atoms with Crippen LogP contribution in [0.3, 0.4) is 0 Å². The van der Waals surface area contributed by atoms with Crippen LogP contribution >= 0.6 is 0 Å². The number of ether oxygens (including phenoxy) is 1. The highest BCUT2D eigenvalue weighted by molar-refractivity contribution is 5.81. The quantitative estimate of drug-likeness (QED) is 0.474. The SMILES string of the molecule is COCCONC(=O)C1NCCC1C. The smallest absolute Gasteiger partial charge is 0.260 e. The maximum Gasteiger partial charge on any atom is 0.260 e. The van der Waals surface area contributed by atoms with Gasteiger partial charge in [-0.3, -0.25) is 9.63 Å². The molecule has 0 aromatic rings. The van der Waals surface area contributed by atoms with Crippen LogP contribution in [-0.4, -0.2) is 38.8 Å². The topological polar surface area (TPSA) is 59.6 Å². The van der Waals surface area contributed by atoms with Crippen molar-refractivity contribution in [3.05, 3.63) is 0 Å². The third-order valence-corrected chi connectivity index (χ3v) is 2.38. The molecule has 0 aromatic carbocycles. The standard InChI is InChI=1S/C9H18N2O3/c1-7-3-4-10-8(7)9(12)11-14-6-5-13-2/h7-8,10H,3-6H2,1-2H3,(H,11,12). The predicted octanol–water partition coefficient (Wildman–Crippen LogP) is -0.321. The normalized spacial score (nSPS) is 26.4. The summed E-state index contributed by atoms with van der Waals surface area (Å²) in [6.45, 7) is 3.81. The molecule has 0 bridgehead atoms. The lowest BCUT2D eigenvalue weighted by Crippen LogP contribution is -2.43. The highest BCUT2D eigenvalue weighted by atomic mass is 16.7. The summed E-state index contributed by atoms with van der Waals surface area (Å²) in [4.78, 5) is 16.4. The molecule has 2 unspecified atom stereocenters. The molecule has 1 aliphatic heterocycles. The summed E-state index contributed by atoms with van der Waals surface area (Å²) >= 11 is 0. The van der Waals surface area contributed by atoms with Gasteiger partial charge in [-0.1, -0.05) is 6.92 Å². The fraction of sp³-hybridized carbons (Fsp3) is 0.889. The van der Waals surface area contributed by atoms with Crippen molar-refractivity contribution < 1.29 is 14.4 Å². The fourth-order valence-corrected chi connectivity index (χ4v) is 1.50. The van der Waals surface area contributed by atoms with Gasteiger partial charge in [0.1, 0.15) is 0 Å². The van der Waals surface area contributed by atoms with E-state index in [1.165, 1.54) is 0 Å². The van der Waals surface area contributed by atoms with Crippen LogP contribution in [0.4, 0.5) is 0 Å². The second-order valence-electron chi connectivity index (χ2n) is 3.51. The summed E-state index contributed by atoms with van der Waals surface area (Å²) in [7, 11) is 1.59. The van der Waals surface area contributed by atoms with Gasteiger partial charge >= 0.3 is 0 Å². The summed E-state index contributed by atoms with van der Waals surface area (Å²) in [5.41, 5.74) is 2.41. The van der Waals surface area contributed by atoms with Gasteiger partial charge in [0.15, 0.2) is 0 Å². The molecule has 0 aliphatic carbocycles. The lowest BCUT2D eigenvalue weighted by Gasteiger charge is -2.14. The van der Waals surface area contributed by atoms with E-state index in [9.17, 15) is 4.79 Å². The number of hydrogen-bond donors (Lipinski definition) is 2. The van der Waals surface area contributed by atoms with Gasteiger partial charge < -0.3 is 10.1 Å². The molecule has 82 valence electrons. The molecular formula is C9H18N2O3. The lowest BCUT2D eigenvalue weighted by atomic mass is 10.0. The Labute approximate surface area is 84.1 Å². The maximum absolute atomic E-state index is 11.5. The monoisotopic (exact) mass is 202 g/mol. The Kier molecular flexibility index (Phi) is 4.86. The molecule has 1 saturated heterocycles. The predicted molar refractivity (Wildman–Crippen MR) is 51.5 cm³/mol. The van der Waals surface area contributed by atoms with Crippen LogP contribution in [0.15, 0.2) is 0 Å². The van der Waals surface area contributed by atoms with Crippen LogP contribution in [0, 0.1) is 5.92 Å². The van der Waals surface area contributed by atoms with Crippen LogP contribution in [0.5, 0.6) is 0 Å². The molecule has 5 nitrogen and oxygen atoms in total. The minimum absolute atomic E-state index is 0.0916. The molecular weight excluding hydrogens is 184 g/mol. The van der Waals surface area contributed by atoms with Crippen molar-refractivity contribution >= 4 is 5.91 Å². The number of hydrogen-bond acceptors (Lipinski definition) is 4. The second kappa shape index (κ2) is 5.95. The molecule has 14 heavy (non-hydrogen) atoms. The summed E-state index contributed by atoms with van der Waals surface area (Å²) in [5.74, 6) is 0.284. The minimum Gasteiger partial charge on any atom is -0.382 e. The summed E-state index contributed by atoms with van der Waals surface area (Å²) in [6, 6.07) is -0.113. The zero-order valence-corrected chi connectivity index (χ0v) is 8.71. The van der Waals surface area contributed by atoms with Crippen molar-refractivity contribution in [1.82, 2.24) is 10.8 Å². The molecule has 0 aromatic heterocycles. The van der Waals surface area contributed by atoms with Gasteiger partial charge in [-0.25, -0.2) is 5.48 Å². The molecule has 0 spiro atoms. The average Bonchev–Trinajstić information content (AvgIpc) is 2.59. The zero-order valence-electron chi connectivity index (χ0n) is 8.71. The number of methoxy groups -OCH3 is 1. The molecule has 5 heteroatoms. The summed E-state index contributed by atoms with van der Waals surface area (Å²) in [5, 5.41) is 3.12. The van der Waals surface area contributed by atoms with Gasteiger partial charge in [0.2, 0.25) is 0 Å². The number of amides is 1. The largest absolute Gasteiger partial charge is 0.382 e. The molecule has 2 atom stereocenters. The second-order valence-corrected chi connectivity index (χ2v) is 3.51. The van der Waals surface area contributed by atoms with Crippen LogP contribution in [0.1, 0.15) is 13.3 Å². The molecule has 1 amide bonds. The Balaban J connectivity index is 2.14. The number of carbonyl (C=O) groups excluding carboxylic acids is 1. The summed E-state index contributed by atoms with van der Waals surface area (Å²) in [6.07, 6.45) is 1.04. The Morgan fingerprint density at radius 3 is 2.93 bits per heavy atom. The van der Waals surface area contributed by atoms with Crippen molar-refractivity contribution in [2.45, 2.75) is 19.4 Å². The molecule has 0 radical (unpaired) electrons. The number of rotatable bonds is 5. The molecule has 1 heterocycles. The van der Waals surface area contributed by atoms with E-state index >= 15 is 0 Å². The van der Waals surface area contributed by atoms with Gasteiger partial charge in [-0.2, -0.15) is 0 Å². The Bertz CT molecular complexity index is 187. The first-order valence-electron chi connectivity index (χ1n) is 4.89. The van der Waals surface area contributed by atoms with E-state index in [1.54, 1.807) is 7.11 Å². The van der Waals surface area contributed by atoms with Gasteiger partial charge in [-0.15, -0.1) is 0 Å². The van der Waals surface area contributed by atoms with Crippen molar-refractivity contribution in [2.75, 3.05) is 26.9 Å². The Morgan fingerprint density at radius 2 is 2.36 bits per heavy atom. The van der Waals surface area contributed by atoms with E-state index in [0.717, 1.165) is 13.0 Å². The van der Waals surface area contributed by atoms with Gasteiger partial charge in [-0.05, 0) is 18.9 Å². The molecule has 1 aliphatic rings. The van der Waals surface area contributed by atoms with Crippen LogP contribution < -0.4 is 10.8 Å². The van der Waals surface area contributed by atoms with Crippen LogP contribution in [0.25, 0.3) is 0 Å². The van der Waals surface area contributed by atoms with E-state index in [-0.39, 0.29) is 11.9 Å². The Morgan fingerprint density at radius 1 is 1.57 bits per heavy atom. The third kappa shape index (κ3) is 3.25. The first-order chi connectivity index (χ1) is 6.75. The minimum atomic E-state index is -0.113. The maximum atomic E-state index is 11.5. The van der Waals surface area contributed by atoms with E-state index in [2.05, 4.69) is 17.7 Å². The summed E-state index contributed by atoms with van der Waals surface area (Å²) < 4.78 is 4.78. The number of hydroxylamine groups is 1. The number of carbonyl (C=O) groups is 1. The first kappa shape index (κ1) is 11.4. The van der Waals surface area contributed by atoms with Crippen LogP contribution in [-0.2, 0) is 14.4 Å². The zero-order chi connectivity index (χ0) is 10.4. The van der Waals surface area contributed by atoms with Crippen molar-refractivity contribution in [1.29, 1.82) is 0 Å². The number of nitrogens with one attached hydrogen (secondary N) is 2. The van der Waals surface area contributed by atoms with E-state index in [4.69, 9.17) is 9.57 Å². The lowest BCUT2D eigenvalue weighted by molar-refractivity contribution is -0.137. The van der Waals surface area contributed by atoms with E-state index < -0.39 is 0 Å². The highest BCUT2D eigenvalue weighted by Gasteiger charge is 2.29. The van der Waals surface area contributed by atoms with Gasteiger partial charge in [0.05, 0.1) is 19.3 Å². The average molecular weight is 202 g/mol. The highest BCUT2D eigenvalue weighted by Crippen LogP contribution is 2.13. The van der Waals surface area contributed by atoms with Gasteiger partial charge in [0.25, 0.3) is 5.91 Å². The Hall–Kier alpha value is -0.650.